The number of amides is 1. The van der Waals surface area contributed by atoms with Crippen molar-refractivity contribution in [2.45, 2.75) is 39.9 Å². The number of nitrogens with one attached hydrogen (secondary N) is 2. The van der Waals surface area contributed by atoms with Crippen molar-refractivity contribution in [2.75, 3.05) is 31.7 Å². The van der Waals surface area contributed by atoms with Crippen LogP contribution in [0.1, 0.15) is 45.5 Å². The lowest BCUT2D eigenvalue weighted by molar-refractivity contribution is -0.0441. The van der Waals surface area contributed by atoms with Crippen molar-refractivity contribution in [2.24, 2.45) is 4.99 Å². The van der Waals surface area contributed by atoms with E-state index in [1.165, 1.54) is 17.2 Å². The summed E-state index contributed by atoms with van der Waals surface area (Å²) in [5.41, 5.74) is 4.27. The van der Waals surface area contributed by atoms with Crippen molar-refractivity contribution < 1.29 is 19.0 Å². The van der Waals surface area contributed by atoms with Crippen molar-refractivity contribution in [1.29, 1.82) is 0 Å². The van der Waals surface area contributed by atoms with Crippen molar-refractivity contribution >= 4 is 17.7 Å². The summed E-state index contributed by atoms with van der Waals surface area (Å²) >= 11 is 0. The van der Waals surface area contributed by atoms with Gasteiger partial charge >= 0.3 is 6.09 Å². The van der Waals surface area contributed by atoms with Crippen LogP contribution in [0.5, 0.6) is 0 Å². The molecule has 2 N–H and O–H groups in total. The van der Waals surface area contributed by atoms with Gasteiger partial charge in [0.2, 0.25) is 5.96 Å². The molecular formula is C24H33N3O4. The van der Waals surface area contributed by atoms with E-state index in [4.69, 9.17) is 14.2 Å². The summed E-state index contributed by atoms with van der Waals surface area (Å²) in [6.07, 6.45) is 6.84. The molecule has 1 aliphatic heterocycles. The number of aliphatic imine (C=N–C) groups is 1. The van der Waals surface area contributed by atoms with Gasteiger partial charge in [0, 0.05) is 11.3 Å². The van der Waals surface area contributed by atoms with Crippen LogP contribution in [0.25, 0.3) is 0 Å². The van der Waals surface area contributed by atoms with Crippen LogP contribution >= 0.6 is 0 Å². The fourth-order valence-corrected chi connectivity index (χ4v) is 2.77. The zero-order valence-electron chi connectivity index (χ0n) is 18.6. The summed E-state index contributed by atoms with van der Waals surface area (Å²) in [5, 5.41) is 5.77. The van der Waals surface area contributed by atoms with Gasteiger partial charge in [0.1, 0.15) is 6.61 Å². The number of rotatable bonds is 9. The molecule has 7 nitrogen and oxygen atoms in total. The van der Waals surface area contributed by atoms with Crippen LogP contribution in [0, 0.1) is 0 Å². The molecule has 1 fully saturated rings. The Hall–Kier alpha value is -2.90. The molecule has 0 saturated carbocycles. The first-order valence-corrected chi connectivity index (χ1v) is 10.5. The highest BCUT2D eigenvalue weighted by atomic mass is 16.7. The molecule has 0 radical (unpaired) electrons. The Morgan fingerprint density at radius 2 is 1.90 bits per heavy atom. The van der Waals surface area contributed by atoms with E-state index < -0.39 is 6.09 Å². The number of allylic oxidation sites excluding steroid dienone is 3. The van der Waals surface area contributed by atoms with Crippen molar-refractivity contribution in [3.8, 4) is 0 Å². The molecule has 1 aromatic carbocycles. The Morgan fingerprint density at radius 3 is 2.55 bits per heavy atom. The van der Waals surface area contributed by atoms with Gasteiger partial charge in [-0.2, -0.15) is 0 Å². The summed E-state index contributed by atoms with van der Waals surface area (Å²) in [4.78, 5) is 16.5. The topological polar surface area (TPSA) is 81.2 Å². The zero-order valence-corrected chi connectivity index (χ0v) is 18.6. The lowest BCUT2D eigenvalue weighted by Crippen LogP contribution is -2.36. The van der Waals surface area contributed by atoms with Crippen LogP contribution in [0.3, 0.4) is 0 Å². The predicted molar refractivity (Wildman–Crippen MR) is 124 cm³/mol. The maximum Gasteiger partial charge on any atom is 0.414 e. The third-order valence-electron chi connectivity index (χ3n) is 4.40. The second-order valence-electron chi connectivity index (χ2n) is 7.39. The van der Waals surface area contributed by atoms with Crippen LogP contribution in [0.15, 0.2) is 65.2 Å². The van der Waals surface area contributed by atoms with Gasteiger partial charge in [0.15, 0.2) is 6.29 Å². The van der Waals surface area contributed by atoms with Crippen LogP contribution in [-0.2, 0) is 14.2 Å². The molecule has 1 saturated heterocycles. The third kappa shape index (κ3) is 9.63. The number of carbonyl (C=O) groups is 1. The molecule has 1 aliphatic rings. The van der Waals surface area contributed by atoms with Crippen molar-refractivity contribution in [1.82, 2.24) is 5.32 Å². The number of hydrogen-bond acceptors (Lipinski definition) is 5. The summed E-state index contributed by atoms with van der Waals surface area (Å²) in [7, 11) is 0. The van der Waals surface area contributed by atoms with Crippen LogP contribution < -0.4 is 10.6 Å². The predicted octanol–water partition coefficient (Wildman–Crippen LogP) is 5.10. The second-order valence-corrected chi connectivity index (χ2v) is 7.39. The molecule has 1 heterocycles. The minimum Gasteiger partial charge on any atom is -0.445 e. The van der Waals surface area contributed by atoms with E-state index in [2.05, 4.69) is 55.1 Å². The molecule has 168 valence electrons. The highest BCUT2D eigenvalue weighted by Crippen LogP contribution is 2.24. The quantitative estimate of drug-likeness (QED) is 0.325. The standard InChI is InChI=1S/C24H33N3O4/c1-5-15-31-24(28)27-23(25-14-13-19(4)8-6-7-18(2)3)26-21-11-9-20(10-12-21)22-29-16-17-30-22/h5,7,9-13,22H,1,6,8,14-17H2,2-4H3,(H2,25,26,27,28)/b19-13+. The van der Waals surface area contributed by atoms with Crippen LogP contribution in [-0.4, -0.2) is 38.4 Å². The molecule has 0 atom stereocenters. The minimum atomic E-state index is -0.597. The summed E-state index contributed by atoms with van der Waals surface area (Å²) in [6.45, 7) is 11.6. The minimum absolute atomic E-state index is 0.124. The highest BCUT2D eigenvalue weighted by Gasteiger charge is 2.18. The van der Waals surface area contributed by atoms with Gasteiger partial charge in [-0.25, -0.2) is 9.79 Å². The number of benzene rings is 1. The first-order chi connectivity index (χ1) is 15.0. The molecule has 0 aromatic heterocycles. The van der Waals surface area contributed by atoms with Gasteiger partial charge in [-0.1, -0.05) is 48.1 Å². The Labute approximate surface area is 184 Å². The molecule has 0 spiro atoms. The van der Waals surface area contributed by atoms with Crippen molar-refractivity contribution in [3.05, 3.63) is 65.8 Å². The zero-order chi connectivity index (χ0) is 22.5. The van der Waals surface area contributed by atoms with E-state index in [1.54, 1.807) is 0 Å². The lowest BCUT2D eigenvalue weighted by Gasteiger charge is -2.13. The monoisotopic (exact) mass is 427 g/mol. The van der Waals surface area contributed by atoms with Gasteiger partial charge in [-0.3, -0.25) is 5.32 Å². The fourth-order valence-electron chi connectivity index (χ4n) is 2.77. The Kier molecular flexibility index (Phi) is 10.5. The highest BCUT2D eigenvalue weighted by molar-refractivity contribution is 6.02. The van der Waals surface area contributed by atoms with E-state index in [-0.39, 0.29) is 12.9 Å². The smallest absolute Gasteiger partial charge is 0.414 e. The summed E-state index contributed by atoms with van der Waals surface area (Å²) < 4.78 is 16.0. The number of ether oxygens (including phenoxy) is 3. The summed E-state index contributed by atoms with van der Waals surface area (Å²) in [6, 6.07) is 7.60. The number of carbonyl (C=O) groups excluding carboxylic acids is 1. The number of anilines is 1. The number of nitrogens with zero attached hydrogens (tertiary/aromatic N) is 1. The average Bonchev–Trinajstić information content (AvgIpc) is 3.27. The van der Waals surface area contributed by atoms with Crippen LogP contribution in [0.4, 0.5) is 10.5 Å². The first-order valence-electron chi connectivity index (χ1n) is 10.5. The average molecular weight is 428 g/mol. The van der Waals surface area contributed by atoms with Gasteiger partial charge < -0.3 is 19.5 Å². The first kappa shape index (κ1) is 24.4. The molecule has 1 amide bonds. The Morgan fingerprint density at radius 1 is 1.19 bits per heavy atom. The fraction of sp³-hybridized carbons (Fsp3) is 0.417. The molecule has 7 heteroatoms. The second kappa shape index (κ2) is 13.4. The molecule has 2 rings (SSSR count). The van der Waals surface area contributed by atoms with Crippen LogP contribution in [0.2, 0.25) is 0 Å². The van der Waals surface area contributed by atoms with E-state index >= 15 is 0 Å². The molecule has 1 aromatic rings. The van der Waals surface area contributed by atoms with Gasteiger partial charge in [0.05, 0.1) is 19.8 Å². The van der Waals surface area contributed by atoms with E-state index in [0.29, 0.717) is 25.7 Å². The number of guanidine groups is 1. The number of alkyl carbamates (subject to hydrolysis) is 1. The van der Waals surface area contributed by atoms with Crippen molar-refractivity contribution in [3.63, 3.8) is 0 Å². The molecular weight excluding hydrogens is 394 g/mol. The maximum atomic E-state index is 12.0. The molecule has 31 heavy (non-hydrogen) atoms. The van der Waals surface area contributed by atoms with E-state index in [9.17, 15) is 4.79 Å². The Balaban J connectivity index is 2.01. The summed E-state index contributed by atoms with van der Waals surface area (Å²) in [5.74, 6) is 0.309. The van der Waals surface area contributed by atoms with Gasteiger partial charge in [0.25, 0.3) is 0 Å². The molecule has 0 aliphatic carbocycles. The molecule has 0 unspecified atom stereocenters. The SMILES string of the molecule is C=CCOC(=O)N/C(=N\C/C=C(\C)CCC=C(C)C)Nc1ccc(C2OCCO2)cc1. The number of hydrogen-bond donors (Lipinski definition) is 2. The van der Waals surface area contributed by atoms with Gasteiger partial charge in [-0.15, -0.1) is 0 Å². The lowest BCUT2D eigenvalue weighted by atomic mass is 10.1. The maximum absolute atomic E-state index is 12.0. The Bertz CT molecular complexity index is 803. The largest absolute Gasteiger partial charge is 0.445 e. The normalized spacial score (nSPS) is 14.8. The van der Waals surface area contributed by atoms with Gasteiger partial charge in [-0.05, 0) is 45.7 Å². The van der Waals surface area contributed by atoms with E-state index in [1.807, 2.05) is 24.3 Å². The molecule has 0 bridgehead atoms. The van der Waals surface area contributed by atoms with E-state index in [0.717, 1.165) is 24.1 Å². The third-order valence-corrected chi connectivity index (χ3v) is 4.40.